The van der Waals surface area contributed by atoms with Crippen LogP contribution < -0.4 is 5.32 Å². The van der Waals surface area contributed by atoms with Crippen molar-refractivity contribution in [3.8, 4) is 6.07 Å². The lowest BCUT2D eigenvalue weighted by molar-refractivity contribution is 0.489. The quantitative estimate of drug-likeness (QED) is 0.868. The Labute approximate surface area is 101 Å². The number of nitriles is 1. The first kappa shape index (κ1) is 12.1. The highest BCUT2D eigenvalue weighted by molar-refractivity contribution is 5.33. The molecule has 0 heterocycles. The van der Waals surface area contributed by atoms with E-state index in [0.29, 0.717) is 6.04 Å². The van der Waals surface area contributed by atoms with E-state index >= 15 is 0 Å². The van der Waals surface area contributed by atoms with E-state index < -0.39 is 6.04 Å². The third-order valence-electron chi connectivity index (χ3n) is 3.44. The highest BCUT2D eigenvalue weighted by Crippen LogP contribution is 2.24. The van der Waals surface area contributed by atoms with Crippen molar-refractivity contribution >= 4 is 0 Å². The predicted molar refractivity (Wildman–Crippen MR) is 64.9 cm³/mol. The van der Waals surface area contributed by atoms with Gasteiger partial charge in [0.05, 0.1) is 6.07 Å². The average molecular weight is 232 g/mol. The van der Waals surface area contributed by atoms with Crippen LogP contribution in [0.15, 0.2) is 18.2 Å². The van der Waals surface area contributed by atoms with Crippen LogP contribution in [0.3, 0.4) is 0 Å². The molecule has 1 aliphatic rings. The summed E-state index contributed by atoms with van der Waals surface area (Å²) >= 11 is 0. The zero-order valence-corrected chi connectivity index (χ0v) is 10.0. The maximum Gasteiger partial charge on any atom is 0.123 e. The number of hydrogen-bond acceptors (Lipinski definition) is 2. The van der Waals surface area contributed by atoms with Gasteiger partial charge < -0.3 is 0 Å². The molecule has 0 aliphatic heterocycles. The number of aryl methyl sites for hydroxylation is 1. The number of halogens is 1. The predicted octanol–water partition coefficient (Wildman–Crippen LogP) is 3.23. The van der Waals surface area contributed by atoms with Gasteiger partial charge in [0.15, 0.2) is 0 Å². The van der Waals surface area contributed by atoms with Crippen molar-refractivity contribution in [2.75, 3.05) is 0 Å². The third-order valence-corrected chi connectivity index (χ3v) is 3.44. The van der Waals surface area contributed by atoms with Crippen molar-refractivity contribution in [2.24, 2.45) is 0 Å². The standard InChI is InChI=1S/C14H17FN2/c1-10-6-7-11(15)8-13(10)14(9-16)17-12-4-2-3-5-12/h6-8,12,14,17H,2-5H2,1H3. The van der Waals surface area contributed by atoms with Crippen LogP contribution in [-0.4, -0.2) is 6.04 Å². The molecule has 0 amide bonds. The van der Waals surface area contributed by atoms with Crippen LogP contribution in [-0.2, 0) is 0 Å². The van der Waals surface area contributed by atoms with E-state index in [9.17, 15) is 9.65 Å². The number of benzene rings is 1. The van der Waals surface area contributed by atoms with Gasteiger partial charge in [-0.2, -0.15) is 5.26 Å². The first-order valence-corrected chi connectivity index (χ1v) is 6.12. The summed E-state index contributed by atoms with van der Waals surface area (Å²) < 4.78 is 13.2. The topological polar surface area (TPSA) is 35.8 Å². The molecule has 17 heavy (non-hydrogen) atoms. The van der Waals surface area contributed by atoms with Crippen LogP contribution in [0.5, 0.6) is 0 Å². The second-order valence-electron chi connectivity index (χ2n) is 4.71. The summed E-state index contributed by atoms with van der Waals surface area (Å²) in [6.45, 7) is 1.91. The molecule has 90 valence electrons. The van der Waals surface area contributed by atoms with Gasteiger partial charge in [-0.05, 0) is 43.0 Å². The van der Waals surface area contributed by atoms with Gasteiger partial charge in [0.1, 0.15) is 11.9 Å². The molecule has 2 rings (SSSR count). The van der Waals surface area contributed by atoms with Gasteiger partial charge in [-0.25, -0.2) is 4.39 Å². The molecule has 0 saturated heterocycles. The first-order valence-electron chi connectivity index (χ1n) is 6.12. The van der Waals surface area contributed by atoms with Crippen LogP contribution >= 0.6 is 0 Å². The summed E-state index contributed by atoms with van der Waals surface area (Å²) in [4.78, 5) is 0. The molecule has 0 bridgehead atoms. The van der Waals surface area contributed by atoms with E-state index in [1.807, 2.05) is 6.92 Å². The lowest BCUT2D eigenvalue weighted by Gasteiger charge is -2.19. The Balaban J connectivity index is 2.16. The van der Waals surface area contributed by atoms with E-state index in [4.69, 9.17) is 0 Å². The summed E-state index contributed by atoms with van der Waals surface area (Å²) in [5, 5.41) is 12.5. The molecule has 3 heteroatoms. The molecule has 1 N–H and O–H groups in total. The molecule has 0 aromatic heterocycles. The molecule has 1 unspecified atom stereocenters. The minimum absolute atomic E-state index is 0.279. The molecule has 1 aromatic carbocycles. The monoisotopic (exact) mass is 232 g/mol. The van der Waals surface area contributed by atoms with E-state index in [1.54, 1.807) is 6.07 Å². The van der Waals surface area contributed by atoms with Crippen LogP contribution in [0.4, 0.5) is 4.39 Å². The summed E-state index contributed by atoms with van der Waals surface area (Å²) in [6, 6.07) is 6.87. The second kappa shape index (κ2) is 5.29. The normalized spacial score (nSPS) is 17.9. The maximum atomic E-state index is 13.2. The average Bonchev–Trinajstić information content (AvgIpc) is 2.82. The Morgan fingerprint density at radius 2 is 2.12 bits per heavy atom. The fourth-order valence-corrected chi connectivity index (χ4v) is 2.45. The summed E-state index contributed by atoms with van der Waals surface area (Å²) in [5.41, 5.74) is 1.72. The molecule has 1 atom stereocenters. The molecular weight excluding hydrogens is 215 g/mol. The number of rotatable bonds is 3. The zero-order chi connectivity index (χ0) is 12.3. The molecular formula is C14H17FN2. The first-order chi connectivity index (χ1) is 8.20. The van der Waals surface area contributed by atoms with E-state index in [1.165, 1.54) is 25.0 Å². The minimum atomic E-state index is -0.395. The summed E-state index contributed by atoms with van der Waals surface area (Å²) in [5.74, 6) is -0.279. The van der Waals surface area contributed by atoms with Crippen molar-refractivity contribution in [1.82, 2.24) is 5.32 Å². The van der Waals surface area contributed by atoms with Crippen LogP contribution in [0.1, 0.15) is 42.9 Å². The van der Waals surface area contributed by atoms with Gasteiger partial charge in [-0.15, -0.1) is 0 Å². The Hall–Kier alpha value is -1.40. The highest BCUT2D eigenvalue weighted by Gasteiger charge is 2.21. The molecule has 1 aliphatic carbocycles. The molecule has 2 nitrogen and oxygen atoms in total. The van der Waals surface area contributed by atoms with Gasteiger partial charge in [-0.1, -0.05) is 18.9 Å². The van der Waals surface area contributed by atoms with Crippen LogP contribution in [0, 0.1) is 24.1 Å². The van der Waals surface area contributed by atoms with Crippen LogP contribution in [0.25, 0.3) is 0 Å². The Morgan fingerprint density at radius 1 is 1.41 bits per heavy atom. The van der Waals surface area contributed by atoms with Crippen molar-refractivity contribution in [3.63, 3.8) is 0 Å². The van der Waals surface area contributed by atoms with Crippen LogP contribution in [0.2, 0.25) is 0 Å². The third kappa shape index (κ3) is 2.83. The van der Waals surface area contributed by atoms with E-state index in [0.717, 1.165) is 24.0 Å². The van der Waals surface area contributed by atoms with Gasteiger partial charge >= 0.3 is 0 Å². The number of nitrogens with zero attached hydrogens (tertiary/aromatic N) is 1. The Bertz CT molecular complexity index is 430. The fraction of sp³-hybridized carbons (Fsp3) is 0.500. The fourth-order valence-electron chi connectivity index (χ4n) is 2.45. The van der Waals surface area contributed by atoms with Gasteiger partial charge in [-0.3, -0.25) is 5.32 Å². The van der Waals surface area contributed by atoms with Gasteiger partial charge in [0.25, 0.3) is 0 Å². The molecule has 1 fully saturated rings. The zero-order valence-electron chi connectivity index (χ0n) is 10.0. The smallest absolute Gasteiger partial charge is 0.123 e. The Morgan fingerprint density at radius 3 is 2.76 bits per heavy atom. The molecule has 0 spiro atoms. The minimum Gasteiger partial charge on any atom is -0.295 e. The van der Waals surface area contributed by atoms with Crippen molar-refractivity contribution in [1.29, 1.82) is 5.26 Å². The van der Waals surface area contributed by atoms with Crippen molar-refractivity contribution < 1.29 is 4.39 Å². The summed E-state index contributed by atoms with van der Waals surface area (Å²) in [7, 11) is 0. The number of nitrogens with one attached hydrogen (secondary N) is 1. The van der Waals surface area contributed by atoms with Crippen molar-refractivity contribution in [3.05, 3.63) is 35.1 Å². The van der Waals surface area contributed by atoms with Gasteiger partial charge in [0.2, 0.25) is 0 Å². The maximum absolute atomic E-state index is 13.2. The second-order valence-corrected chi connectivity index (χ2v) is 4.71. The molecule has 1 aromatic rings. The molecule has 1 saturated carbocycles. The lowest BCUT2D eigenvalue weighted by Crippen LogP contribution is -2.30. The van der Waals surface area contributed by atoms with Gasteiger partial charge in [0, 0.05) is 6.04 Å². The van der Waals surface area contributed by atoms with E-state index in [2.05, 4.69) is 11.4 Å². The lowest BCUT2D eigenvalue weighted by atomic mass is 10.0. The highest BCUT2D eigenvalue weighted by atomic mass is 19.1. The SMILES string of the molecule is Cc1ccc(F)cc1C(C#N)NC1CCCC1. The Kier molecular flexibility index (Phi) is 3.75. The number of hydrogen-bond donors (Lipinski definition) is 1. The van der Waals surface area contributed by atoms with E-state index in [-0.39, 0.29) is 5.82 Å². The molecule has 0 radical (unpaired) electrons. The van der Waals surface area contributed by atoms with Crippen molar-refractivity contribution in [2.45, 2.75) is 44.7 Å². The summed E-state index contributed by atoms with van der Waals surface area (Å²) in [6.07, 6.45) is 4.68. The largest absolute Gasteiger partial charge is 0.295 e.